The number of nitrogens with two attached hydrogens (primary N) is 1. The molecule has 0 radical (unpaired) electrons. The Morgan fingerprint density at radius 1 is 1.50 bits per heavy atom. The number of unbranched alkanes of at least 4 members (excludes halogenated alkanes) is 1. The number of nitrogens with zero attached hydrogens (tertiary/aromatic N) is 2. The predicted molar refractivity (Wildman–Crippen MR) is 62.9 cm³/mol. The molecule has 1 rings (SSSR count). The number of aromatic nitrogens is 2. The van der Waals surface area contributed by atoms with Gasteiger partial charge in [-0.25, -0.2) is 4.98 Å². The van der Waals surface area contributed by atoms with E-state index in [0.717, 1.165) is 22.3 Å². The second-order valence-electron chi connectivity index (χ2n) is 3.43. The van der Waals surface area contributed by atoms with Gasteiger partial charge in [-0.3, -0.25) is 0 Å². The molecule has 0 spiro atoms. The summed E-state index contributed by atoms with van der Waals surface area (Å²) < 4.78 is 5.22. The van der Waals surface area contributed by atoms with E-state index in [9.17, 15) is 0 Å². The number of hydrogen-bond acceptors (Lipinski definition) is 5. The maximum atomic E-state index is 5.66. The zero-order chi connectivity index (χ0) is 10.4. The quantitative estimate of drug-likeness (QED) is 0.603. The minimum absolute atomic E-state index is 0.337. The van der Waals surface area contributed by atoms with E-state index in [2.05, 4.69) is 16.3 Å². The van der Waals surface area contributed by atoms with Crippen LogP contribution in [-0.2, 0) is 0 Å². The van der Waals surface area contributed by atoms with Gasteiger partial charge < -0.3 is 5.73 Å². The number of rotatable bonds is 6. The molecular formula is C9H17N3S2. The third-order valence-electron chi connectivity index (χ3n) is 1.79. The standard InChI is InChI=1S/C9H17N3S2/c1-7(10)5-3-4-6-13-9-11-8(2)12-14-9/h7H,3-6,10H2,1-2H3. The van der Waals surface area contributed by atoms with Gasteiger partial charge in [0.25, 0.3) is 0 Å². The maximum absolute atomic E-state index is 5.66. The lowest BCUT2D eigenvalue weighted by Gasteiger charge is -2.02. The molecule has 14 heavy (non-hydrogen) atoms. The summed E-state index contributed by atoms with van der Waals surface area (Å²) in [5, 5.41) is 0. The van der Waals surface area contributed by atoms with Crippen LogP contribution in [-0.4, -0.2) is 21.2 Å². The van der Waals surface area contributed by atoms with E-state index in [-0.39, 0.29) is 0 Å². The van der Waals surface area contributed by atoms with Crippen LogP contribution in [0.5, 0.6) is 0 Å². The highest BCUT2D eigenvalue weighted by molar-refractivity contribution is 8.00. The molecule has 0 aromatic carbocycles. The van der Waals surface area contributed by atoms with Gasteiger partial charge in [-0.2, -0.15) is 4.37 Å². The summed E-state index contributed by atoms with van der Waals surface area (Å²) in [4.78, 5) is 4.29. The molecule has 1 aromatic heterocycles. The average molecular weight is 231 g/mol. The Morgan fingerprint density at radius 3 is 2.86 bits per heavy atom. The Bertz CT molecular complexity index is 260. The van der Waals surface area contributed by atoms with Gasteiger partial charge in [0.15, 0.2) is 4.34 Å². The second kappa shape index (κ2) is 6.37. The van der Waals surface area contributed by atoms with Gasteiger partial charge in [-0.1, -0.05) is 18.2 Å². The monoisotopic (exact) mass is 231 g/mol. The largest absolute Gasteiger partial charge is 0.328 e. The molecule has 1 unspecified atom stereocenters. The van der Waals surface area contributed by atoms with Crippen LogP contribution in [0.15, 0.2) is 4.34 Å². The Labute approximate surface area is 93.7 Å². The first-order valence-corrected chi connectivity index (χ1v) is 6.63. The molecule has 1 atom stereocenters. The number of hydrogen-bond donors (Lipinski definition) is 1. The van der Waals surface area contributed by atoms with Gasteiger partial charge in [0.1, 0.15) is 5.82 Å². The van der Waals surface area contributed by atoms with E-state index < -0.39 is 0 Å². The lowest BCUT2D eigenvalue weighted by Crippen LogP contribution is -2.13. The summed E-state index contributed by atoms with van der Waals surface area (Å²) in [5.41, 5.74) is 5.66. The van der Waals surface area contributed by atoms with E-state index in [0.29, 0.717) is 6.04 Å². The summed E-state index contributed by atoms with van der Waals surface area (Å²) in [7, 11) is 0. The van der Waals surface area contributed by atoms with Crippen LogP contribution in [0.1, 0.15) is 32.0 Å². The molecule has 0 saturated carbocycles. The zero-order valence-electron chi connectivity index (χ0n) is 8.69. The fourth-order valence-electron chi connectivity index (χ4n) is 1.06. The first-order valence-electron chi connectivity index (χ1n) is 4.87. The van der Waals surface area contributed by atoms with Crippen LogP contribution < -0.4 is 5.73 Å². The molecule has 5 heteroatoms. The molecule has 0 aliphatic carbocycles. The molecular weight excluding hydrogens is 214 g/mol. The molecule has 80 valence electrons. The van der Waals surface area contributed by atoms with Gasteiger partial charge in [0.05, 0.1) is 0 Å². The summed E-state index contributed by atoms with van der Waals surface area (Å²) in [6.07, 6.45) is 3.54. The van der Waals surface area contributed by atoms with Gasteiger partial charge in [-0.05, 0) is 38.2 Å². The fraction of sp³-hybridized carbons (Fsp3) is 0.778. The Morgan fingerprint density at radius 2 is 2.29 bits per heavy atom. The molecule has 0 saturated heterocycles. The topological polar surface area (TPSA) is 51.8 Å². The van der Waals surface area contributed by atoms with E-state index in [1.165, 1.54) is 24.4 Å². The minimum Gasteiger partial charge on any atom is -0.328 e. The van der Waals surface area contributed by atoms with Crippen molar-refractivity contribution in [2.45, 2.75) is 43.5 Å². The van der Waals surface area contributed by atoms with Crippen LogP contribution >= 0.6 is 23.3 Å². The number of thioether (sulfide) groups is 1. The lowest BCUT2D eigenvalue weighted by molar-refractivity contribution is 0.618. The van der Waals surface area contributed by atoms with Crippen molar-refractivity contribution in [3.05, 3.63) is 5.82 Å². The fourth-order valence-corrected chi connectivity index (χ4v) is 2.78. The van der Waals surface area contributed by atoms with Crippen LogP contribution in [0.25, 0.3) is 0 Å². The van der Waals surface area contributed by atoms with Gasteiger partial charge in [0, 0.05) is 11.8 Å². The van der Waals surface area contributed by atoms with Crippen molar-refractivity contribution in [1.29, 1.82) is 0 Å². The summed E-state index contributed by atoms with van der Waals surface area (Å²) in [5.74, 6) is 2.01. The van der Waals surface area contributed by atoms with Gasteiger partial charge >= 0.3 is 0 Å². The van der Waals surface area contributed by atoms with E-state index in [1.54, 1.807) is 11.8 Å². The summed E-state index contributed by atoms with van der Waals surface area (Å²) >= 11 is 3.29. The second-order valence-corrected chi connectivity index (χ2v) is 5.52. The molecule has 1 heterocycles. The van der Waals surface area contributed by atoms with E-state index in [1.807, 2.05) is 6.92 Å². The third-order valence-corrected chi connectivity index (χ3v) is 3.80. The predicted octanol–water partition coefficient (Wildman–Crippen LogP) is 2.46. The van der Waals surface area contributed by atoms with Crippen molar-refractivity contribution < 1.29 is 0 Å². The van der Waals surface area contributed by atoms with Crippen molar-refractivity contribution in [1.82, 2.24) is 9.36 Å². The Balaban J connectivity index is 2.04. The van der Waals surface area contributed by atoms with Crippen molar-refractivity contribution in [3.63, 3.8) is 0 Å². The molecule has 0 aliphatic rings. The van der Waals surface area contributed by atoms with Crippen LogP contribution in [0, 0.1) is 6.92 Å². The Hall–Kier alpha value is -0.130. The normalized spacial score (nSPS) is 13.1. The SMILES string of the molecule is Cc1nsc(SCCCCC(C)N)n1. The maximum Gasteiger partial charge on any atom is 0.170 e. The highest BCUT2D eigenvalue weighted by Crippen LogP contribution is 2.21. The summed E-state index contributed by atoms with van der Waals surface area (Å²) in [6, 6.07) is 0.337. The lowest BCUT2D eigenvalue weighted by atomic mass is 10.2. The van der Waals surface area contributed by atoms with Crippen molar-refractivity contribution in [2.75, 3.05) is 5.75 Å². The van der Waals surface area contributed by atoms with E-state index in [4.69, 9.17) is 5.73 Å². The molecule has 0 bridgehead atoms. The summed E-state index contributed by atoms with van der Waals surface area (Å²) in [6.45, 7) is 3.98. The van der Waals surface area contributed by atoms with Gasteiger partial charge in [-0.15, -0.1) is 0 Å². The first-order chi connectivity index (χ1) is 6.68. The molecule has 0 amide bonds. The smallest absolute Gasteiger partial charge is 0.170 e. The minimum atomic E-state index is 0.337. The Kier molecular flexibility index (Phi) is 5.44. The first kappa shape index (κ1) is 11.9. The molecule has 2 N–H and O–H groups in total. The third kappa shape index (κ3) is 4.93. The molecule has 1 aromatic rings. The van der Waals surface area contributed by atoms with E-state index >= 15 is 0 Å². The molecule has 3 nitrogen and oxygen atoms in total. The van der Waals surface area contributed by atoms with Crippen molar-refractivity contribution >= 4 is 23.3 Å². The van der Waals surface area contributed by atoms with Crippen molar-refractivity contribution in [3.8, 4) is 0 Å². The molecule has 0 fully saturated rings. The van der Waals surface area contributed by atoms with Gasteiger partial charge in [0.2, 0.25) is 0 Å². The van der Waals surface area contributed by atoms with Crippen LogP contribution in [0.4, 0.5) is 0 Å². The highest BCUT2D eigenvalue weighted by atomic mass is 32.2. The number of aryl methyl sites for hydroxylation is 1. The van der Waals surface area contributed by atoms with Crippen molar-refractivity contribution in [2.24, 2.45) is 5.73 Å². The zero-order valence-corrected chi connectivity index (χ0v) is 10.3. The highest BCUT2D eigenvalue weighted by Gasteiger charge is 2.00. The van der Waals surface area contributed by atoms with Crippen LogP contribution in [0.3, 0.4) is 0 Å². The van der Waals surface area contributed by atoms with Crippen LogP contribution in [0.2, 0.25) is 0 Å². The molecule has 0 aliphatic heterocycles. The average Bonchev–Trinajstić information content (AvgIpc) is 2.50.